The number of nitrogens with zero attached hydrogens (tertiary/aromatic N) is 4. The zero-order valence-corrected chi connectivity index (χ0v) is 16.2. The molecule has 1 aliphatic carbocycles. The van der Waals surface area contributed by atoms with Gasteiger partial charge in [-0.1, -0.05) is 30.8 Å². The number of aromatic nitrogens is 3. The van der Waals surface area contributed by atoms with Crippen molar-refractivity contribution in [3.63, 3.8) is 0 Å². The zero-order valence-electron chi connectivity index (χ0n) is 15.3. The van der Waals surface area contributed by atoms with E-state index in [2.05, 4.69) is 26.6 Å². The van der Waals surface area contributed by atoms with Crippen LogP contribution >= 0.6 is 11.8 Å². The molecule has 0 radical (unpaired) electrons. The molecule has 27 heavy (non-hydrogen) atoms. The highest BCUT2D eigenvalue weighted by Gasteiger charge is 2.34. The van der Waals surface area contributed by atoms with Gasteiger partial charge in [0, 0.05) is 19.1 Å². The van der Waals surface area contributed by atoms with Gasteiger partial charge in [0.2, 0.25) is 11.9 Å². The molecule has 1 amide bonds. The summed E-state index contributed by atoms with van der Waals surface area (Å²) < 4.78 is 15.4. The number of thioether (sulfide) groups is 1. The molecular weight excluding hydrogens is 365 g/mol. The fraction of sp³-hybridized carbons (Fsp3) is 0.526. The summed E-state index contributed by atoms with van der Waals surface area (Å²) in [6.45, 7) is 4.24. The Morgan fingerprint density at radius 2 is 1.85 bits per heavy atom. The lowest BCUT2D eigenvalue weighted by Crippen LogP contribution is -2.34. The fourth-order valence-electron chi connectivity index (χ4n) is 3.46. The smallest absolute Gasteiger partial charge is 0.235 e. The molecule has 1 saturated carbocycles. The minimum Gasteiger partial charge on any atom is -0.368 e. The first-order chi connectivity index (χ1) is 13.0. The number of rotatable bonds is 6. The topological polar surface area (TPSA) is 77.0 Å². The van der Waals surface area contributed by atoms with E-state index in [-0.39, 0.29) is 5.82 Å². The number of primary amides is 1. The second-order valence-corrected chi connectivity index (χ2v) is 8.58. The maximum atomic E-state index is 13.2. The van der Waals surface area contributed by atoms with Gasteiger partial charge in [0.05, 0.1) is 0 Å². The van der Waals surface area contributed by atoms with Crippen LogP contribution in [0.25, 0.3) is 0 Å². The van der Waals surface area contributed by atoms with Crippen LogP contribution in [0.1, 0.15) is 49.5 Å². The van der Waals surface area contributed by atoms with Crippen LogP contribution < -0.4 is 10.6 Å². The number of piperidine rings is 1. The van der Waals surface area contributed by atoms with Crippen LogP contribution in [0.4, 0.5) is 10.3 Å². The number of carbonyl (C=O) groups is 1. The van der Waals surface area contributed by atoms with E-state index in [1.807, 2.05) is 0 Å². The third-order valence-electron chi connectivity index (χ3n) is 5.28. The molecule has 2 aliphatic rings. The Morgan fingerprint density at radius 3 is 2.44 bits per heavy atom. The van der Waals surface area contributed by atoms with Gasteiger partial charge in [0.1, 0.15) is 11.1 Å². The number of benzene rings is 1. The Balaban J connectivity index is 1.61. The lowest BCUT2D eigenvalue weighted by atomic mass is 10.00. The summed E-state index contributed by atoms with van der Waals surface area (Å²) in [6, 6.07) is 6.28. The van der Waals surface area contributed by atoms with Gasteiger partial charge in [-0.3, -0.25) is 9.36 Å². The van der Waals surface area contributed by atoms with Gasteiger partial charge in [-0.15, -0.1) is 10.2 Å². The van der Waals surface area contributed by atoms with Crippen molar-refractivity contribution < 1.29 is 9.18 Å². The van der Waals surface area contributed by atoms with Gasteiger partial charge < -0.3 is 10.6 Å². The molecule has 144 valence electrons. The number of hydrogen-bond acceptors (Lipinski definition) is 5. The van der Waals surface area contributed by atoms with Crippen molar-refractivity contribution in [2.24, 2.45) is 11.7 Å². The van der Waals surface area contributed by atoms with Gasteiger partial charge >= 0.3 is 0 Å². The van der Waals surface area contributed by atoms with Gasteiger partial charge in [-0.05, 0) is 49.3 Å². The number of hydrogen-bond donors (Lipinski definition) is 1. The first-order valence-corrected chi connectivity index (χ1v) is 10.3. The van der Waals surface area contributed by atoms with Crippen LogP contribution in [0.2, 0.25) is 0 Å². The lowest BCUT2D eigenvalue weighted by molar-refractivity contribution is -0.117. The van der Waals surface area contributed by atoms with E-state index in [1.165, 1.54) is 23.9 Å². The van der Waals surface area contributed by atoms with Crippen LogP contribution in [0.3, 0.4) is 0 Å². The summed E-state index contributed by atoms with van der Waals surface area (Å²) >= 11 is 1.30. The quantitative estimate of drug-likeness (QED) is 0.767. The van der Waals surface area contributed by atoms with E-state index in [1.54, 1.807) is 12.1 Å². The van der Waals surface area contributed by atoms with E-state index in [0.717, 1.165) is 50.6 Å². The Labute approximate surface area is 162 Å². The monoisotopic (exact) mass is 389 g/mol. The molecule has 2 aromatic rings. The Bertz CT molecular complexity index is 812. The van der Waals surface area contributed by atoms with Crippen LogP contribution in [0, 0.1) is 11.7 Å². The molecule has 1 saturated heterocycles. The van der Waals surface area contributed by atoms with Crippen LogP contribution in [-0.4, -0.2) is 33.8 Å². The minimum absolute atomic E-state index is 0.338. The van der Waals surface area contributed by atoms with Crippen molar-refractivity contribution in [3.05, 3.63) is 35.6 Å². The molecular formula is C19H24FN5OS. The summed E-state index contributed by atoms with van der Waals surface area (Å²) in [5.74, 6) is 0.833. The zero-order chi connectivity index (χ0) is 19.0. The minimum atomic E-state index is -0.624. The average molecular weight is 390 g/mol. The molecule has 1 atom stereocenters. The molecule has 0 bridgehead atoms. The lowest BCUT2D eigenvalue weighted by Gasteiger charge is -2.31. The van der Waals surface area contributed by atoms with Crippen molar-refractivity contribution in [2.75, 3.05) is 18.0 Å². The van der Waals surface area contributed by atoms with Crippen molar-refractivity contribution in [3.8, 4) is 0 Å². The molecule has 2 heterocycles. The summed E-state index contributed by atoms with van der Waals surface area (Å²) in [6.07, 6.45) is 4.50. The number of nitrogens with two attached hydrogens (primary N) is 1. The molecule has 1 aliphatic heterocycles. The molecule has 0 unspecified atom stereocenters. The third kappa shape index (κ3) is 3.95. The second-order valence-electron chi connectivity index (χ2n) is 7.51. The van der Waals surface area contributed by atoms with Gasteiger partial charge in [-0.25, -0.2) is 4.39 Å². The van der Waals surface area contributed by atoms with Crippen LogP contribution in [0.5, 0.6) is 0 Å². The molecule has 1 aromatic heterocycles. The maximum absolute atomic E-state index is 13.2. The van der Waals surface area contributed by atoms with Gasteiger partial charge in [-0.2, -0.15) is 0 Å². The Kier molecular flexibility index (Phi) is 5.08. The molecule has 4 rings (SSSR count). The SMILES string of the molecule is CC1CCN(c2nnc(S[C@@H](C(N)=O)c3ccc(F)cc3)n2C2CC2)CC1. The molecule has 6 nitrogen and oxygen atoms in total. The third-order valence-corrected chi connectivity index (χ3v) is 6.51. The van der Waals surface area contributed by atoms with E-state index < -0.39 is 11.2 Å². The molecule has 8 heteroatoms. The maximum Gasteiger partial charge on any atom is 0.235 e. The highest BCUT2D eigenvalue weighted by molar-refractivity contribution is 8.00. The molecule has 1 aromatic carbocycles. The van der Waals surface area contributed by atoms with Gasteiger partial charge in [0.25, 0.3) is 0 Å². The largest absolute Gasteiger partial charge is 0.368 e. The summed E-state index contributed by atoms with van der Waals surface area (Å²) in [5.41, 5.74) is 6.31. The Morgan fingerprint density at radius 1 is 1.19 bits per heavy atom. The first kappa shape index (κ1) is 18.3. The highest BCUT2D eigenvalue weighted by Crippen LogP contribution is 2.44. The molecule has 0 spiro atoms. The van der Waals surface area contributed by atoms with Crippen molar-refractivity contribution >= 4 is 23.6 Å². The summed E-state index contributed by atoms with van der Waals surface area (Å²) in [4.78, 5) is 14.4. The molecule has 2 fully saturated rings. The summed E-state index contributed by atoms with van der Waals surface area (Å²) in [7, 11) is 0. The first-order valence-electron chi connectivity index (χ1n) is 9.44. The van der Waals surface area contributed by atoms with Crippen molar-refractivity contribution in [1.82, 2.24) is 14.8 Å². The number of halogens is 1. The van der Waals surface area contributed by atoms with Crippen molar-refractivity contribution in [2.45, 2.75) is 49.1 Å². The predicted octanol–water partition coefficient (Wildman–Crippen LogP) is 3.31. The van der Waals surface area contributed by atoms with Crippen molar-refractivity contribution in [1.29, 1.82) is 0 Å². The van der Waals surface area contributed by atoms with Crippen LogP contribution in [0.15, 0.2) is 29.4 Å². The fourth-order valence-corrected chi connectivity index (χ4v) is 4.51. The van der Waals surface area contributed by atoms with Crippen LogP contribution in [-0.2, 0) is 4.79 Å². The Hall–Kier alpha value is -2.09. The van der Waals surface area contributed by atoms with E-state index in [9.17, 15) is 9.18 Å². The standard InChI is InChI=1S/C19H24FN5OS/c1-12-8-10-24(11-9-12)18-22-23-19(25(18)15-6-7-15)27-16(17(21)26)13-2-4-14(20)5-3-13/h2-5,12,15-16H,6-11H2,1H3,(H2,21,26)/t16-/m1/s1. The number of carbonyl (C=O) groups excluding carboxylic acids is 1. The number of amides is 1. The number of anilines is 1. The van der Waals surface area contributed by atoms with E-state index in [4.69, 9.17) is 5.73 Å². The van der Waals surface area contributed by atoms with E-state index in [0.29, 0.717) is 16.8 Å². The highest BCUT2D eigenvalue weighted by atomic mass is 32.2. The molecule has 2 N–H and O–H groups in total. The second kappa shape index (κ2) is 7.50. The predicted molar refractivity (Wildman–Crippen MR) is 103 cm³/mol. The summed E-state index contributed by atoms with van der Waals surface area (Å²) in [5, 5.41) is 8.93. The van der Waals surface area contributed by atoms with Gasteiger partial charge in [0.15, 0.2) is 5.16 Å². The normalized spacial score (nSPS) is 19.3. The van der Waals surface area contributed by atoms with E-state index >= 15 is 0 Å². The average Bonchev–Trinajstić information content (AvgIpc) is 3.41.